The van der Waals surface area contributed by atoms with E-state index in [-0.39, 0.29) is 5.91 Å². The average Bonchev–Trinajstić information content (AvgIpc) is 2.98. The molecule has 1 aromatic heterocycles. The number of benzene rings is 1. The zero-order chi connectivity index (χ0) is 15.2. The van der Waals surface area contributed by atoms with E-state index < -0.39 is 0 Å². The highest BCUT2D eigenvalue weighted by atomic mass is 32.1. The summed E-state index contributed by atoms with van der Waals surface area (Å²) in [7, 11) is 1.85. The normalized spacial score (nSPS) is 10.3. The molecule has 0 unspecified atom stereocenters. The average molecular weight is 318 g/mol. The van der Waals surface area contributed by atoms with E-state index >= 15 is 0 Å². The second kappa shape index (κ2) is 7.33. The fourth-order valence-electron chi connectivity index (χ4n) is 1.95. The summed E-state index contributed by atoms with van der Waals surface area (Å²) in [4.78, 5) is 15.6. The highest BCUT2D eigenvalue weighted by molar-refractivity contribution is 7.80. The van der Waals surface area contributed by atoms with E-state index in [0.717, 1.165) is 24.1 Å². The van der Waals surface area contributed by atoms with Gasteiger partial charge in [0.2, 0.25) is 5.91 Å². The van der Waals surface area contributed by atoms with Gasteiger partial charge in [-0.25, -0.2) is 0 Å². The Morgan fingerprint density at radius 1 is 1.29 bits per heavy atom. The third-order valence-electron chi connectivity index (χ3n) is 3.29. The Balaban J connectivity index is 1.86. The Bertz CT molecular complexity index is 606. The molecule has 0 radical (unpaired) electrons. The van der Waals surface area contributed by atoms with Crippen LogP contribution in [0.25, 0.3) is 0 Å². The van der Waals surface area contributed by atoms with Crippen molar-refractivity contribution in [1.82, 2.24) is 4.90 Å². The Morgan fingerprint density at radius 3 is 2.57 bits per heavy atom. The van der Waals surface area contributed by atoms with E-state index in [2.05, 4.69) is 11.4 Å². The van der Waals surface area contributed by atoms with Gasteiger partial charge in [0.15, 0.2) is 0 Å². The third kappa shape index (κ3) is 4.65. The van der Waals surface area contributed by atoms with Crippen molar-refractivity contribution >= 4 is 34.5 Å². The molecule has 5 heteroatoms. The maximum Gasteiger partial charge on any atom is 0.226 e. The number of thiophene rings is 1. The molecule has 1 amide bonds. The lowest BCUT2D eigenvalue weighted by molar-refractivity contribution is -0.129. The Labute approximate surface area is 134 Å². The lowest BCUT2D eigenvalue weighted by Crippen LogP contribution is -2.30. The molecule has 0 aliphatic carbocycles. The topological polar surface area (TPSA) is 46.3 Å². The molecule has 110 valence electrons. The predicted octanol–water partition coefficient (Wildman–Crippen LogP) is 2.63. The van der Waals surface area contributed by atoms with Crippen LogP contribution in [0.2, 0.25) is 0 Å². The van der Waals surface area contributed by atoms with Gasteiger partial charge < -0.3 is 10.6 Å². The molecule has 0 spiro atoms. The molecule has 21 heavy (non-hydrogen) atoms. The first-order valence-corrected chi connectivity index (χ1v) is 8.00. The standard InChI is InChI=1S/C16H18N2OS2/c1-18(9-8-14-3-2-10-21-14)15(19)11-12-4-6-13(7-5-12)16(17)20/h2-7,10H,8-9,11H2,1H3,(H2,17,20). The lowest BCUT2D eigenvalue weighted by Gasteiger charge is -2.16. The monoisotopic (exact) mass is 318 g/mol. The quantitative estimate of drug-likeness (QED) is 0.833. The van der Waals surface area contributed by atoms with Gasteiger partial charge in [0.1, 0.15) is 4.99 Å². The second-order valence-corrected chi connectivity index (χ2v) is 6.35. The van der Waals surface area contributed by atoms with Gasteiger partial charge in [-0.2, -0.15) is 0 Å². The zero-order valence-corrected chi connectivity index (χ0v) is 13.5. The van der Waals surface area contributed by atoms with E-state index in [1.807, 2.05) is 37.4 Å². The highest BCUT2D eigenvalue weighted by Crippen LogP contribution is 2.10. The van der Waals surface area contributed by atoms with Gasteiger partial charge in [-0.3, -0.25) is 4.79 Å². The van der Waals surface area contributed by atoms with Gasteiger partial charge in [-0.1, -0.05) is 42.5 Å². The van der Waals surface area contributed by atoms with E-state index in [9.17, 15) is 4.79 Å². The van der Waals surface area contributed by atoms with Crippen LogP contribution in [0.5, 0.6) is 0 Å². The van der Waals surface area contributed by atoms with Crippen molar-refractivity contribution in [3.63, 3.8) is 0 Å². The zero-order valence-electron chi connectivity index (χ0n) is 11.9. The summed E-state index contributed by atoms with van der Waals surface area (Å²) in [6, 6.07) is 11.6. The molecule has 0 bridgehead atoms. The van der Waals surface area contributed by atoms with Crippen LogP contribution in [0.1, 0.15) is 16.0 Å². The number of nitrogens with zero attached hydrogens (tertiary/aromatic N) is 1. The summed E-state index contributed by atoms with van der Waals surface area (Å²) in [5, 5.41) is 2.06. The summed E-state index contributed by atoms with van der Waals surface area (Å²) in [5.74, 6) is 0.120. The number of carbonyl (C=O) groups is 1. The molecule has 0 saturated heterocycles. The number of nitrogens with two attached hydrogens (primary N) is 1. The first kappa shape index (κ1) is 15.7. The first-order chi connectivity index (χ1) is 10.1. The van der Waals surface area contributed by atoms with Gasteiger partial charge in [0, 0.05) is 24.0 Å². The number of rotatable bonds is 6. The van der Waals surface area contributed by atoms with Gasteiger partial charge >= 0.3 is 0 Å². The van der Waals surface area contributed by atoms with Crippen LogP contribution in [-0.4, -0.2) is 29.4 Å². The molecule has 2 rings (SSSR count). The summed E-state index contributed by atoms with van der Waals surface area (Å²) in [5.41, 5.74) is 7.36. The number of hydrogen-bond acceptors (Lipinski definition) is 3. The number of hydrogen-bond donors (Lipinski definition) is 1. The van der Waals surface area contributed by atoms with Crippen molar-refractivity contribution in [2.75, 3.05) is 13.6 Å². The third-order valence-corrected chi connectivity index (χ3v) is 4.47. The van der Waals surface area contributed by atoms with E-state index in [1.165, 1.54) is 4.88 Å². The Kier molecular flexibility index (Phi) is 5.47. The van der Waals surface area contributed by atoms with Crippen molar-refractivity contribution in [3.05, 3.63) is 57.8 Å². The van der Waals surface area contributed by atoms with Crippen molar-refractivity contribution in [1.29, 1.82) is 0 Å². The minimum atomic E-state index is 0.120. The van der Waals surface area contributed by atoms with E-state index in [0.29, 0.717) is 11.4 Å². The second-order valence-electron chi connectivity index (χ2n) is 4.88. The molecule has 0 saturated carbocycles. The first-order valence-electron chi connectivity index (χ1n) is 6.71. The number of thiocarbonyl (C=S) groups is 1. The van der Waals surface area contributed by atoms with Gasteiger partial charge in [-0.05, 0) is 23.4 Å². The molecule has 0 atom stereocenters. The van der Waals surface area contributed by atoms with Crippen LogP contribution in [0, 0.1) is 0 Å². The smallest absolute Gasteiger partial charge is 0.226 e. The minimum absolute atomic E-state index is 0.120. The van der Waals surface area contributed by atoms with Crippen LogP contribution in [-0.2, 0) is 17.6 Å². The van der Waals surface area contributed by atoms with Gasteiger partial charge in [-0.15, -0.1) is 11.3 Å². The SMILES string of the molecule is CN(CCc1cccs1)C(=O)Cc1ccc(C(N)=S)cc1. The molecule has 0 aliphatic heterocycles. The lowest BCUT2D eigenvalue weighted by atomic mass is 10.1. The Morgan fingerprint density at radius 2 is 2.00 bits per heavy atom. The summed E-state index contributed by atoms with van der Waals surface area (Å²) < 4.78 is 0. The van der Waals surface area contributed by atoms with Crippen molar-refractivity contribution < 1.29 is 4.79 Å². The molecule has 3 nitrogen and oxygen atoms in total. The predicted molar refractivity (Wildman–Crippen MR) is 91.7 cm³/mol. The highest BCUT2D eigenvalue weighted by Gasteiger charge is 2.10. The van der Waals surface area contributed by atoms with Crippen LogP contribution < -0.4 is 5.73 Å². The van der Waals surface area contributed by atoms with Crippen molar-refractivity contribution in [3.8, 4) is 0 Å². The van der Waals surface area contributed by atoms with Gasteiger partial charge in [0.05, 0.1) is 6.42 Å². The Hall–Kier alpha value is -1.72. The van der Waals surface area contributed by atoms with Crippen LogP contribution in [0.15, 0.2) is 41.8 Å². The molecule has 1 heterocycles. The summed E-state index contributed by atoms with van der Waals surface area (Å²) in [6.45, 7) is 0.740. The van der Waals surface area contributed by atoms with Crippen molar-refractivity contribution in [2.24, 2.45) is 5.73 Å². The molecule has 0 fully saturated rings. The minimum Gasteiger partial charge on any atom is -0.389 e. The fourth-order valence-corrected chi connectivity index (χ4v) is 2.79. The molecule has 2 aromatic rings. The summed E-state index contributed by atoms with van der Waals surface area (Å²) >= 11 is 6.63. The maximum atomic E-state index is 12.2. The maximum absolute atomic E-state index is 12.2. The van der Waals surface area contributed by atoms with E-state index in [4.69, 9.17) is 18.0 Å². The van der Waals surface area contributed by atoms with Crippen LogP contribution >= 0.6 is 23.6 Å². The summed E-state index contributed by atoms with van der Waals surface area (Å²) in [6.07, 6.45) is 1.30. The molecular weight excluding hydrogens is 300 g/mol. The molecule has 1 aromatic carbocycles. The van der Waals surface area contributed by atoms with Crippen molar-refractivity contribution in [2.45, 2.75) is 12.8 Å². The number of likely N-dealkylation sites (N-methyl/N-ethyl adjacent to an activating group) is 1. The largest absolute Gasteiger partial charge is 0.389 e. The number of amides is 1. The molecular formula is C16H18N2OS2. The fraction of sp³-hybridized carbons (Fsp3) is 0.250. The van der Waals surface area contributed by atoms with E-state index in [1.54, 1.807) is 16.2 Å². The molecule has 0 aliphatic rings. The van der Waals surface area contributed by atoms with Crippen LogP contribution in [0.3, 0.4) is 0 Å². The van der Waals surface area contributed by atoms with Gasteiger partial charge in [0.25, 0.3) is 0 Å². The number of carbonyl (C=O) groups excluding carboxylic acids is 1. The van der Waals surface area contributed by atoms with Crippen LogP contribution in [0.4, 0.5) is 0 Å². The molecule has 2 N–H and O–H groups in total.